The van der Waals surface area contributed by atoms with Crippen LogP contribution in [-0.2, 0) is 30.6 Å². The predicted molar refractivity (Wildman–Crippen MR) is 70.4 cm³/mol. The molecule has 0 amide bonds. The summed E-state index contributed by atoms with van der Waals surface area (Å²) in [6, 6.07) is 5.68. The maximum atomic E-state index is 13.3. The van der Waals surface area contributed by atoms with Gasteiger partial charge in [-0.3, -0.25) is 9.59 Å². The Morgan fingerprint density at radius 1 is 1.25 bits per heavy atom. The van der Waals surface area contributed by atoms with Gasteiger partial charge in [0.05, 0.1) is 19.3 Å². The normalized spacial score (nSPS) is 11.1. The van der Waals surface area contributed by atoms with Gasteiger partial charge in [0.15, 0.2) is 15.6 Å². The highest BCUT2D eigenvalue weighted by Crippen LogP contribution is 2.08. The van der Waals surface area contributed by atoms with Crippen LogP contribution in [0.1, 0.15) is 12.0 Å². The molecule has 0 aliphatic heterocycles. The third kappa shape index (κ3) is 5.48. The first-order chi connectivity index (χ1) is 9.34. The fourth-order valence-electron chi connectivity index (χ4n) is 1.56. The summed E-state index contributed by atoms with van der Waals surface area (Å²) in [5, 5.41) is 0. The first-order valence-corrected chi connectivity index (χ1v) is 7.68. The van der Waals surface area contributed by atoms with Crippen molar-refractivity contribution in [3.05, 3.63) is 35.6 Å². The number of benzene rings is 1. The summed E-state index contributed by atoms with van der Waals surface area (Å²) < 4.78 is 40.9. The van der Waals surface area contributed by atoms with Crippen LogP contribution in [-0.4, -0.2) is 38.8 Å². The molecule has 0 bridgehead atoms. The van der Waals surface area contributed by atoms with Crippen molar-refractivity contribution in [3.63, 3.8) is 0 Å². The molecule has 0 aromatic heterocycles. The van der Waals surface area contributed by atoms with Crippen LogP contribution in [0.15, 0.2) is 24.3 Å². The molecule has 0 unspecified atom stereocenters. The summed E-state index contributed by atoms with van der Waals surface area (Å²) in [6.07, 6.45) is -0.587. The molecule has 5 nitrogen and oxygen atoms in total. The topological polar surface area (TPSA) is 77.5 Å². The number of esters is 1. The SMILES string of the molecule is COC(=O)CCS(=O)(=O)CC(=O)Cc1ccccc1F. The average molecular weight is 302 g/mol. The van der Waals surface area contributed by atoms with Crippen LogP contribution in [0.2, 0.25) is 0 Å². The minimum Gasteiger partial charge on any atom is -0.469 e. The number of carbonyl (C=O) groups excluding carboxylic acids is 2. The number of halogens is 1. The van der Waals surface area contributed by atoms with Crippen molar-refractivity contribution in [2.75, 3.05) is 18.6 Å². The molecule has 0 heterocycles. The van der Waals surface area contributed by atoms with Crippen LogP contribution in [0.25, 0.3) is 0 Å². The highest BCUT2D eigenvalue weighted by Gasteiger charge is 2.19. The van der Waals surface area contributed by atoms with Gasteiger partial charge >= 0.3 is 5.97 Å². The molecule has 1 aromatic carbocycles. The lowest BCUT2D eigenvalue weighted by atomic mass is 10.1. The highest BCUT2D eigenvalue weighted by atomic mass is 32.2. The van der Waals surface area contributed by atoms with Crippen molar-refractivity contribution in [2.45, 2.75) is 12.8 Å². The maximum Gasteiger partial charge on any atom is 0.306 e. The van der Waals surface area contributed by atoms with E-state index < -0.39 is 38.9 Å². The average Bonchev–Trinajstić information content (AvgIpc) is 2.38. The largest absolute Gasteiger partial charge is 0.469 e. The van der Waals surface area contributed by atoms with Crippen LogP contribution >= 0.6 is 0 Å². The molecule has 0 atom stereocenters. The monoisotopic (exact) mass is 302 g/mol. The molecule has 0 radical (unpaired) electrons. The minimum absolute atomic E-state index is 0.153. The molecule has 0 N–H and O–H groups in total. The molecule has 0 saturated carbocycles. The summed E-state index contributed by atoms with van der Waals surface area (Å²) in [7, 11) is -2.54. The van der Waals surface area contributed by atoms with Crippen molar-refractivity contribution in [2.24, 2.45) is 0 Å². The summed E-state index contributed by atoms with van der Waals surface area (Å²) >= 11 is 0. The zero-order valence-corrected chi connectivity index (χ0v) is 11.8. The summed E-state index contributed by atoms with van der Waals surface area (Å²) in [5.41, 5.74) is 0.153. The van der Waals surface area contributed by atoms with E-state index in [1.54, 1.807) is 6.07 Å². The van der Waals surface area contributed by atoms with Crippen molar-refractivity contribution >= 4 is 21.6 Å². The van der Waals surface area contributed by atoms with Crippen LogP contribution in [0.5, 0.6) is 0 Å². The van der Waals surface area contributed by atoms with E-state index in [1.165, 1.54) is 18.2 Å². The Bertz CT molecular complexity index is 595. The lowest BCUT2D eigenvalue weighted by molar-refractivity contribution is -0.140. The van der Waals surface area contributed by atoms with Gasteiger partial charge in [0.25, 0.3) is 0 Å². The Balaban J connectivity index is 2.57. The number of rotatable bonds is 7. The molecular formula is C13H15FO5S. The van der Waals surface area contributed by atoms with Gasteiger partial charge in [0.2, 0.25) is 0 Å². The van der Waals surface area contributed by atoms with E-state index in [1.807, 2.05) is 0 Å². The van der Waals surface area contributed by atoms with Crippen LogP contribution < -0.4 is 0 Å². The number of hydrogen-bond donors (Lipinski definition) is 0. The molecule has 20 heavy (non-hydrogen) atoms. The van der Waals surface area contributed by atoms with Crippen molar-refractivity contribution in [3.8, 4) is 0 Å². The van der Waals surface area contributed by atoms with Gasteiger partial charge in [0, 0.05) is 6.42 Å². The van der Waals surface area contributed by atoms with Gasteiger partial charge in [-0.25, -0.2) is 12.8 Å². The Morgan fingerprint density at radius 3 is 2.50 bits per heavy atom. The van der Waals surface area contributed by atoms with E-state index in [4.69, 9.17) is 0 Å². The molecule has 110 valence electrons. The summed E-state index contributed by atoms with van der Waals surface area (Å²) in [5.74, 6) is -2.98. The Kier molecular flexibility index (Phi) is 5.82. The van der Waals surface area contributed by atoms with Crippen molar-refractivity contribution in [1.82, 2.24) is 0 Å². The zero-order chi connectivity index (χ0) is 15.2. The van der Waals surface area contributed by atoms with Crippen molar-refractivity contribution < 1.29 is 27.1 Å². The number of ether oxygens (including phenoxy) is 1. The van der Waals surface area contributed by atoms with Crippen LogP contribution in [0, 0.1) is 5.82 Å². The quantitative estimate of drug-likeness (QED) is 0.700. The first-order valence-electron chi connectivity index (χ1n) is 5.86. The summed E-state index contributed by atoms with van der Waals surface area (Å²) in [4.78, 5) is 22.5. The fraction of sp³-hybridized carbons (Fsp3) is 0.385. The van der Waals surface area contributed by atoms with E-state index in [0.717, 1.165) is 7.11 Å². The smallest absolute Gasteiger partial charge is 0.306 e. The predicted octanol–water partition coefficient (Wildman–Crippen LogP) is 0.915. The molecule has 0 aliphatic rings. The van der Waals surface area contributed by atoms with Crippen LogP contribution in [0.3, 0.4) is 0 Å². The lowest BCUT2D eigenvalue weighted by Gasteiger charge is -2.04. The van der Waals surface area contributed by atoms with E-state index in [9.17, 15) is 22.4 Å². The lowest BCUT2D eigenvalue weighted by Crippen LogP contribution is -2.22. The van der Waals surface area contributed by atoms with E-state index in [2.05, 4.69) is 4.74 Å². The molecule has 0 fully saturated rings. The number of sulfone groups is 1. The number of hydrogen-bond acceptors (Lipinski definition) is 5. The minimum atomic E-state index is -3.69. The van der Waals surface area contributed by atoms with Gasteiger partial charge in [0.1, 0.15) is 11.6 Å². The van der Waals surface area contributed by atoms with Gasteiger partial charge < -0.3 is 4.74 Å². The standard InChI is InChI=1S/C13H15FO5S/c1-19-13(16)6-7-20(17,18)9-11(15)8-10-4-2-3-5-12(10)14/h2-5H,6-9H2,1H3. The Hall–Kier alpha value is -1.76. The molecule has 0 spiro atoms. The number of Topliss-reactive ketones (excluding diaryl/α,β-unsaturated/α-hetero) is 1. The van der Waals surface area contributed by atoms with Gasteiger partial charge in [-0.1, -0.05) is 18.2 Å². The van der Waals surface area contributed by atoms with Gasteiger partial charge in [-0.2, -0.15) is 0 Å². The second-order valence-corrected chi connectivity index (χ2v) is 6.41. The van der Waals surface area contributed by atoms with E-state index in [-0.39, 0.29) is 18.4 Å². The fourth-order valence-corrected chi connectivity index (χ4v) is 2.78. The Morgan fingerprint density at radius 2 is 1.90 bits per heavy atom. The second kappa shape index (κ2) is 7.14. The van der Waals surface area contributed by atoms with Gasteiger partial charge in [-0.05, 0) is 11.6 Å². The molecule has 1 aromatic rings. The molecule has 7 heteroatoms. The van der Waals surface area contributed by atoms with Crippen molar-refractivity contribution in [1.29, 1.82) is 0 Å². The number of carbonyl (C=O) groups is 2. The molecule has 0 aliphatic carbocycles. The molecule has 0 saturated heterocycles. The highest BCUT2D eigenvalue weighted by molar-refractivity contribution is 7.92. The third-order valence-electron chi connectivity index (χ3n) is 2.57. The second-order valence-electron chi connectivity index (χ2n) is 4.23. The van der Waals surface area contributed by atoms with E-state index in [0.29, 0.717) is 0 Å². The summed E-state index contributed by atoms with van der Waals surface area (Å²) in [6.45, 7) is 0. The van der Waals surface area contributed by atoms with Crippen LogP contribution in [0.4, 0.5) is 4.39 Å². The molecular weight excluding hydrogens is 287 g/mol. The Labute approximate surface area is 116 Å². The number of ketones is 1. The third-order valence-corrected chi connectivity index (χ3v) is 4.16. The van der Waals surface area contributed by atoms with E-state index >= 15 is 0 Å². The maximum absolute atomic E-state index is 13.3. The number of methoxy groups -OCH3 is 1. The molecule has 1 rings (SSSR count). The first kappa shape index (κ1) is 16.3. The zero-order valence-electron chi connectivity index (χ0n) is 11.0. The van der Waals surface area contributed by atoms with Gasteiger partial charge in [-0.15, -0.1) is 0 Å².